The number of nitrogens with zero attached hydrogens (tertiary/aromatic N) is 4. The van der Waals surface area contributed by atoms with E-state index in [9.17, 15) is 0 Å². The number of aromatic nitrogens is 2. The molecule has 1 heterocycles. The molecule has 98 heavy (non-hydrogen) atoms. The maximum absolute atomic E-state index is 6.10. The summed E-state index contributed by atoms with van der Waals surface area (Å²) in [4.78, 5) is 16.8. The van der Waals surface area contributed by atoms with Crippen LogP contribution in [0, 0.1) is 0 Å². The van der Waals surface area contributed by atoms with Crippen molar-refractivity contribution in [2.75, 3.05) is 9.80 Å². The van der Waals surface area contributed by atoms with Gasteiger partial charge in [0.05, 0.1) is 33.3 Å². The molecule has 2 spiro atoms. The molecule has 456 valence electrons. The molecule has 0 bridgehead atoms. The highest BCUT2D eigenvalue weighted by Gasteiger charge is 2.53. The summed E-state index contributed by atoms with van der Waals surface area (Å²) in [5.74, 6) is 0. The van der Waals surface area contributed by atoms with Crippen LogP contribution in [-0.4, -0.2) is 9.97 Å². The summed E-state index contributed by atoms with van der Waals surface area (Å²) in [7, 11) is 0. The van der Waals surface area contributed by atoms with Crippen molar-refractivity contribution in [2.45, 2.75) is 10.8 Å². The van der Waals surface area contributed by atoms with E-state index >= 15 is 0 Å². The van der Waals surface area contributed by atoms with E-state index in [2.05, 4.69) is 374 Å². The average Bonchev–Trinajstić information content (AvgIpc) is 1.51. The van der Waals surface area contributed by atoms with Crippen LogP contribution >= 0.6 is 0 Å². The van der Waals surface area contributed by atoms with Gasteiger partial charge in [0.2, 0.25) is 0 Å². The minimum atomic E-state index is -0.528. The highest BCUT2D eigenvalue weighted by molar-refractivity contribution is 6.06. The van der Waals surface area contributed by atoms with Gasteiger partial charge in [0.25, 0.3) is 0 Å². The first-order chi connectivity index (χ1) is 48.6. The Hall–Kier alpha value is -12.8. The van der Waals surface area contributed by atoms with Gasteiger partial charge in [-0.05, 0) is 185 Å². The smallest absolute Gasteiger partial charge is 0.0979 e. The third-order valence-electron chi connectivity index (χ3n) is 21.3. The molecular weight excluding hydrogens is 1190 g/mol. The molecule has 0 fully saturated rings. The lowest BCUT2D eigenvalue weighted by Crippen LogP contribution is -2.25. The third-order valence-corrected chi connectivity index (χ3v) is 21.3. The Labute approximate surface area is 570 Å². The van der Waals surface area contributed by atoms with Crippen molar-refractivity contribution in [3.05, 3.63) is 408 Å². The normalized spacial score (nSPS) is 13.3. The summed E-state index contributed by atoms with van der Waals surface area (Å²) >= 11 is 0. The molecule has 4 heteroatoms. The fourth-order valence-electron chi connectivity index (χ4n) is 17.3. The van der Waals surface area contributed by atoms with E-state index in [1.165, 1.54) is 89.0 Å². The fraction of sp³-hybridized carbons (Fsp3) is 0.0213. The SMILES string of the molecule is c1ccc(-c2nc3c(-c4ccc5c(c4)C4(c6ccccc6-c6ccccc64)c4ccccc4-5)ccc(-c4ccc5c(c4)C4(c6ccccc6-c6ccccc64)c4ccccc4-5)c3nc2-c2ccc(N(c3ccccc3)c3ccc(N(c4ccccc4)c4ccccc4)cc3)cc2)cc1. The Bertz CT molecular complexity index is 5700. The molecule has 20 rings (SSSR count). The van der Waals surface area contributed by atoms with Gasteiger partial charge < -0.3 is 9.80 Å². The van der Waals surface area contributed by atoms with Crippen molar-refractivity contribution in [1.82, 2.24) is 9.97 Å². The molecule has 4 nitrogen and oxygen atoms in total. The van der Waals surface area contributed by atoms with Gasteiger partial charge in [0.15, 0.2) is 0 Å². The highest BCUT2D eigenvalue weighted by Crippen LogP contribution is 2.65. The van der Waals surface area contributed by atoms with Gasteiger partial charge >= 0.3 is 0 Å². The largest absolute Gasteiger partial charge is 0.311 e. The van der Waals surface area contributed by atoms with E-state index < -0.39 is 10.8 Å². The summed E-state index contributed by atoms with van der Waals surface area (Å²) in [6.45, 7) is 0. The van der Waals surface area contributed by atoms with Crippen LogP contribution < -0.4 is 9.80 Å². The number of anilines is 6. The molecule has 0 saturated heterocycles. The predicted octanol–water partition coefficient (Wildman–Crippen LogP) is 23.9. The lowest BCUT2D eigenvalue weighted by atomic mass is 9.70. The number of benzene rings is 15. The van der Waals surface area contributed by atoms with E-state index in [1.54, 1.807) is 0 Å². The topological polar surface area (TPSA) is 32.3 Å². The van der Waals surface area contributed by atoms with Crippen molar-refractivity contribution in [3.8, 4) is 89.3 Å². The molecule has 0 aliphatic heterocycles. The fourth-order valence-corrected chi connectivity index (χ4v) is 17.3. The number of rotatable bonds is 10. The maximum Gasteiger partial charge on any atom is 0.0979 e. The Morgan fingerprint density at radius 2 is 0.398 bits per heavy atom. The molecule has 4 aliphatic rings. The number of hydrogen-bond donors (Lipinski definition) is 0. The minimum Gasteiger partial charge on any atom is -0.311 e. The van der Waals surface area contributed by atoms with Crippen LogP contribution in [0.1, 0.15) is 44.5 Å². The standard InChI is InChI=1S/C94H60N4/c1-5-25-61(26-6-1)89-90(62-45-49-68(50-46-62)98(67-31-11-4-12-32-67)70-53-51-69(52-54-70)97(65-27-7-2-8-28-65)66-29-9-3-10-30-66)96-92-72(64-48-56-80-78-38-18-24-44-86(78)94(88(80)60-64)83-41-21-15-35-75(83)76-36-16-22-42-84(76)94)58-57-71(91(92)95-89)63-47-55-79-77-37-17-23-43-85(77)93(87(79)59-63)81-39-19-13-33-73(81)74-34-14-20-40-82(74)93/h1-60H. The minimum absolute atomic E-state index is 0.522. The van der Waals surface area contributed by atoms with Gasteiger partial charge in [-0.1, -0.05) is 279 Å². The summed E-state index contributed by atoms with van der Waals surface area (Å²) < 4.78 is 0. The molecule has 0 atom stereocenters. The zero-order chi connectivity index (χ0) is 64.5. The lowest BCUT2D eigenvalue weighted by Gasteiger charge is -2.31. The molecule has 0 N–H and O–H groups in total. The van der Waals surface area contributed by atoms with Gasteiger partial charge in [-0.25, -0.2) is 9.97 Å². The van der Waals surface area contributed by atoms with Gasteiger partial charge in [-0.2, -0.15) is 0 Å². The zero-order valence-electron chi connectivity index (χ0n) is 53.4. The molecule has 0 saturated carbocycles. The van der Waals surface area contributed by atoms with Crippen LogP contribution in [-0.2, 0) is 10.8 Å². The monoisotopic (exact) mass is 1240 g/mol. The number of fused-ring (bicyclic) bond motifs is 21. The van der Waals surface area contributed by atoms with Gasteiger partial charge in [-0.3, -0.25) is 0 Å². The van der Waals surface area contributed by atoms with Crippen LogP contribution in [0.15, 0.2) is 364 Å². The lowest BCUT2D eigenvalue weighted by molar-refractivity contribution is 0.794. The summed E-state index contributed by atoms with van der Waals surface area (Å²) in [5.41, 5.74) is 35.3. The first-order valence-electron chi connectivity index (χ1n) is 33.9. The zero-order valence-corrected chi connectivity index (χ0v) is 53.4. The second kappa shape index (κ2) is 21.9. The number of para-hydroxylation sites is 3. The molecule has 1 aromatic heterocycles. The first kappa shape index (κ1) is 55.7. The van der Waals surface area contributed by atoms with Crippen LogP contribution in [0.25, 0.3) is 100 Å². The van der Waals surface area contributed by atoms with E-state index in [0.29, 0.717) is 0 Å². The molecule has 0 amide bonds. The van der Waals surface area contributed by atoms with Gasteiger partial charge in [0.1, 0.15) is 0 Å². The van der Waals surface area contributed by atoms with E-state index in [4.69, 9.17) is 9.97 Å². The van der Waals surface area contributed by atoms with E-state index in [1.807, 2.05) is 0 Å². The molecule has 15 aromatic carbocycles. The summed E-state index contributed by atoms with van der Waals surface area (Å²) in [5, 5.41) is 0. The average molecular weight is 1250 g/mol. The number of hydrogen-bond acceptors (Lipinski definition) is 4. The molecule has 4 aliphatic carbocycles. The Morgan fingerprint density at radius 3 is 0.714 bits per heavy atom. The van der Waals surface area contributed by atoms with E-state index in [0.717, 1.165) is 89.9 Å². The van der Waals surface area contributed by atoms with Crippen molar-refractivity contribution in [1.29, 1.82) is 0 Å². The predicted molar refractivity (Wildman–Crippen MR) is 403 cm³/mol. The second-order valence-electron chi connectivity index (χ2n) is 26.2. The van der Waals surface area contributed by atoms with Crippen LogP contribution in [0.2, 0.25) is 0 Å². The molecule has 0 unspecified atom stereocenters. The Kier molecular flexibility index (Phi) is 12.4. The van der Waals surface area contributed by atoms with Crippen LogP contribution in [0.3, 0.4) is 0 Å². The maximum atomic E-state index is 6.10. The van der Waals surface area contributed by atoms with E-state index in [-0.39, 0.29) is 0 Å². The summed E-state index contributed by atoms with van der Waals surface area (Å²) in [6, 6.07) is 134. The van der Waals surface area contributed by atoms with Crippen LogP contribution in [0.5, 0.6) is 0 Å². The quantitative estimate of drug-likeness (QED) is 0.137. The Balaban J connectivity index is 0.795. The molecular formula is C94H60N4. The highest BCUT2D eigenvalue weighted by atomic mass is 15.2. The molecule has 0 radical (unpaired) electrons. The van der Waals surface area contributed by atoms with Gasteiger partial charge in [-0.15, -0.1) is 0 Å². The summed E-state index contributed by atoms with van der Waals surface area (Å²) in [6.07, 6.45) is 0. The van der Waals surface area contributed by atoms with Crippen molar-refractivity contribution in [2.24, 2.45) is 0 Å². The van der Waals surface area contributed by atoms with Crippen molar-refractivity contribution in [3.63, 3.8) is 0 Å². The Morgan fingerprint density at radius 1 is 0.173 bits per heavy atom. The second-order valence-corrected chi connectivity index (χ2v) is 26.2. The van der Waals surface area contributed by atoms with Crippen molar-refractivity contribution < 1.29 is 0 Å². The van der Waals surface area contributed by atoms with Crippen molar-refractivity contribution >= 4 is 45.2 Å². The first-order valence-corrected chi connectivity index (χ1v) is 33.9. The van der Waals surface area contributed by atoms with Crippen LogP contribution in [0.4, 0.5) is 34.1 Å². The van der Waals surface area contributed by atoms with Gasteiger partial charge in [0, 0.05) is 56.4 Å². The third kappa shape index (κ3) is 8.06. The molecule has 16 aromatic rings.